The van der Waals surface area contributed by atoms with Crippen molar-refractivity contribution in [1.29, 1.82) is 0 Å². The lowest BCUT2D eigenvalue weighted by Crippen LogP contribution is -2.21. The predicted octanol–water partition coefficient (Wildman–Crippen LogP) is 0.0323. The van der Waals surface area contributed by atoms with Gasteiger partial charge in [-0.05, 0) is 14.1 Å². The molecule has 0 aliphatic carbocycles. The van der Waals surface area contributed by atoms with Gasteiger partial charge in [-0.25, -0.2) is 9.97 Å². The lowest BCUT2D eigenvalue weighted by Gasteiger charge is -2.10. The molecule has 0 unspecified atom stereocenters. The third kappa shape index (κ3) is 3.71. The fourth-order valence-corrected chi connectivity index (χ4v) is 0.837. The molecular formula is C8H15N5. The van der Waals surface area contributed by atoms with Crippen LogP contribution in [0.4, 0.5) is 11.6 Å². The second-order valence-electron chi connectivity index (χ2n) is 3.06. The molecule has 0 spiro atoms. The molecule has 1 aromatic heterocycles. The van der Waals surface area contributed by atoms with E-state index in [2.05, 4.69) is 20.2 Å². The Bertz CT molecular complexity index is 243. The molecule has 1 aromatic rings. The van der Waals surface area contributed by atoms with Crippen LogP contribution in [0.1, 0.15) is 0 Å². The fraction of sp³-hybridized carbons (Fsp3) is 0.500. The molecule has 5 nitrogen and oxygen atoms in total. The quantitative estimate of drug-likeness (QED) is 0.686. The molecular weight excluding hydrogens is 166 g/mol. The lowest BCUT2D eigenvalue weighted by atomic mass is 10.5. The Hall–Kier alpha value is -1.36. The van der Waals surface area contributed by atoms with E-state index in [1.54, 1.807) is 6.20 Å². The molecule has 0 bridgehead atoms. The zero-order valence-corrected chi connectivity index (χ0v) is 7.99. The minimum absolute atomic E-state index is 0.443. The summed E-state index contributed by atoms with van der Waals surface area (Å²) in [5.74, 6) is 1.20. The minimum atomic E-state index is 0.443. The Labute approximate surface area is 78.0 Å². The van der Waals surface area contributed by atoms with Gasteiger partial charge in [0.1, 0.15) is 11.6 Å². The minimum Gasteiger partial charge on any atom is -0.382 e. The molecule has 0 saturated heterocycles. The van der Waals surface area contributed by atoms with E-state index in [9.17, 15) is 0 Å². The van der Waals surface area contributed by atoms with E-state index in [0.29, 0.717) is 5.82 Å². The van der Waals surface area contributed by atoms with Crippen LogP contribution in [0.2, 0.25) is 0 Å². The summed E-state index contributed by atoms with van der Waals surface area (Å²) in [6.45, 7) is 1.82. The fourth-order valence-electron chi connectivity index (χ4n) is 0.837. The third-order valence-corrected chi connectivity index (χ3v) is 1.54. The highest BCUT2D eigenvalue weighted by atomic mass is 15.1. The first kappa shape index (κ1) is 9.73. The summed E-state index contributed by atoms with van der Waals surface area (Å²) in [6, 6.07) is 0. The molecule has 0 saturated carbocycles. The summed E-state index contributed by atoms with van der Waals surface area (Å²) < 4.78 is 0. The number of rotatable bonds is 4. The Morgan fingerprint density at radius 3 is 2.69 bits per heavy atom. The molecule has 1 rings (SSSR count). The van der Waals surface area contributed by atoms with E-state index in [4.69, 9.17) is 5.73 Å². The normalized spacial score (nSPS) is 10.4. The average molecular weight is 181 g/mol. The number of hydrogen-bond acceptors (Lipinski definition) is 5. The van der Waals surface area contributed by atoms with Gasteiger partial charge in [-0.1, -0.05) is 0 Å². The van der Waals surface area contributed by atoms with Crippen molar-refractivity contribution in [2.75, 3.05) is 38.2 Å². The van der Waals surface area contributed by atoms with Crippen molar-refractivity contribution in [2.24, 2.45) is 0 Å². The topological polar surface area (TPSA) is 67.1 Å². The first-order valence-corrected chi connectivity index (χ1v) is 4.14. The van der Waals surface area contributed by atoms with Crippen LogP contribution in [0.15, 0.2) is 12.4 Å². The molecule has 72 valence electrons. The monoisotopic (exact) mass is 181 g/mol. The molecule has 0 aliphatic rings. The van der Waals surface area contributed by atoms with Crippen molar-refractivity contribution in [2.45, 2.75) is 0 Å². The largest absolute Gasteiger partial charge is 0.382 e. The molecule has 0 atom stereocenters. The van der Waals surface area contributed by atoms with Gasteiger partial charge in [-0.15, -0.1) is 0 Å². The highest BCUT2D eigenvalue weighted by Crippen LogP contribution is 2.00. The number of hydrogen-bond donors (Lipinski definition) is 2. The summed E-state index contributed by atoms with van der Waals surface area (Å²) >= 11 is 0. The second-order valence-corrected chi connectivity index (χ2v) is 3.06. The predicted molar refractivity (Wildman–Crippen MR) is 53.5 cm³/mol. The molecule has 13 heavy (non-hydrogen) atoms. The molecule has 0 amide bonds. The first-order chi connectivity index (χ1) is 6.18. The second kappa shape index (κ2) is 4.61. The van der Waals surface area contributed by atoms with Crippen LogP contribution in [-0.4, -0.2) is 42.1 Å². The summed E-state index contributed by atoms with van der Waals surface area (Å²) in [6.07, 6.45) is 3.17. The van der Waals surface area contributed by atoms with Crippen LogP contribution < -0.4 is 11.1 Å². The van der Waals surface area contributed by atoms with Crippen LogP contribution >= 0.6 is 0 Å². The van der Waals surface area contributed by atoms with Crippen molar-refractivity contribution >= 4 is 11.6 Å². The van der Waals surface area contributed by atoms with Crippen LogP contribution in [0.5, 0.6) is 0 Å². The maximum absolute atomic E-state index is 5.39. The van der Waals surface area contributed by atoms with Gasteiger partial charge in [0.15, 0.2) is 0 Å². The summed E-state index contributed by atoms with van der Waals surface area (Å²) in [4.78, 5) is 10.1. The van der Waals surface area contributed by atoms with Crippen molar-refractivity contribution < 1.29 is 0 Å². The van der Waals surface area contributed by atoms with Crippen LogP contribution in [-0.2, 0) is 0 Å². The number of nitrogen functional groups attached to an aromatic ring is 1. The lowest BCUT2D eigenvalue weighted by molar-refractivity contribution is 0.425. The van der Waals surface area contributed by atoms with Gasteiger partial charge < -0.3 is 16.0 Å². The van der Waals surface area contributed by atoms with Gasteiger partial charge in [-0.3, -0.25) is 0 Å². The van der Waals surface area contributed by atoms with Crippen molar-refractivity contribution in [1.82, 2.24) is 14.9 Å². The molecule has 1 heterocycles. The van der Waals surface area contributed by atoms with E-state index in [1.807, 2.05) is 14.1 Å². The van der Waals surface area contributed by atoms with E-state index in [-0.39, 0.29) is 0 Å². The van der Waals surface area contributed by atoms with E-state index in [1.165, 1.54) is 6.20 Å². The summed E-state index contributed by atoms with van der Waals surface area (Å²) in [5, 5.41) is 3.13. The molecule has 0 aliphatic heterocycles. The summed E-state index contributed by atoms with van der Waals surface area (Å²) in [7, 11) is 4.05. The molecule has 0 aromatic carbocycles. The van der Waals surface area contributed by atoms with Gasteiger partial charge in [-0.2, -0.15) is 0 Å². The number of nitrogens with one attached hydrogen (secondary N) is 1. The van der Waals surface area contributed by atoms with Crippen molar-refractivity contribution in [3.8, 4) is 0 Å². The Morgan fingerprint density at radius 1 is 1.38 bits per heavy atom. The van der Waals surface area contributed by atoms with Gasteiger partial charge in [0.2, 0.25) is 0 Å². The maximum atomic E-state index is 5.39. The highest BCUT2D eigenvalue weighted by molar-refractivity contribution is 5.35. The molecule has 0 fully saturated rings. The summed E-state index contributed by atoms with van der Waals surface area (Å²) in [5.41, 5.74) is 5.39. The highest BCUT2D eigenvalue weighted by Gasteiger charge is 1.94. The smallest absolute Gasteiger partial charge is 0.144 e. The SMILES string of the molecule is CN(C)CCNc1cnc(N)cn1. The number of aromatic nitrogens is 2. The molecule has 5 heteroatoms. The van der Waals surface area contributed by atoms with Gasteiger partial charge in [0, 0.05) is 13.1 Å². The van der Waals surface area contributed by atoms with Crippen LogP contribution in [0.25, 0.3) is 0 Å². The first-order valence-electron chi connectivity index (χ1n) is 4.14. The van der Waals surface area contributed by atoms with E-state index in [0.717, 1.165) is 18.9 Å². The number of likely N-dealkylation sites (N-methyl/N-ethyl adjacent to an activating group) is 1. The Kier molecular flexibility index (Phi) is 3.45. The van der Waals surface area contributed by atoms with Gasteiger partial charge in [0.05, 0.1) is 12.4 Å². The van der Waals surface area contributed by atoms with Crippen LogP contribution in [0, 0.1) is 0 Å². The van der Waals surface area contributed by atoms with Gasteiger partial charge >= 0.3 is 0 Å². The maximum Gasteiger partial charge on any atom is 0.144 e. The zero-order chi connectivity index (χ0) is 9.68. The van der Waals surface area contributed by atoms with Crippen molar-refractivity contribution in [3.05, 3.63) is 12.4 Å². The number of anilines is 2. The standard InChI is InChI=1S/C8H15N5/c1-13(2)4-3-10-8-6-11-7(9)5-12-8/h5-6H,3-4H2,1-2H3,(H2,9,11)(H,10,12). The van der Waals surface area contributed by atoms with E-state index >= 15 is 0 Å². The number of nitrogens with two attached hydrogens (primary N) is 1. The third-order valence-electron chi connectivity index (χ3n) is 1.54. The van der Waals surface area contributed by atoms with E-state index < -0.39 is 0 Å². The van der Waals surface area contributed by atoms with Crippen molar-refractivity contribution in [3.63, 3.8) is 0 Å². The Morgan fingerprint density at radius 2 is 2.15 bits per heavy atom. The van der Waals surface area contributed by atoms with Gasteiger partial charge in [0.25, 0.3) is 0 Å². The Balaban J connectivity index is 2.33. The zero-order valence-electron chi connectivity index (χ0n) is 7.99. The average Bonchev–Trinajstić information content (AvgIpc) is 2.08. The number of nitrogens with zero attached hydrogens (tertiary/aromatic N) is 3. The molecule has 3 N–H and O–H groups in total. The van der Waals surface area contributed by atoms with Crippen LogP contribution in [0.3, 0.4) is 0 Å². The molecule has 0 radical (unpaired) electrons.